The Morgan fingerprint density at radius 2 is 2.48 bits per heavy atom. The number of hydrogen-bond acceptors (Lipinski definition) is 6. The van der Waals surface area contributed by atoms with E-state index >= 15 is 0 Å². The van der Waals surface area contributed by atoms with Crippen molar-refractivity contribution in [1.82, 2.24) is 9.88 Å². The Labute approximate surface area is 129 Å². The third kappa shape index (κ3) is 3.93. The number of aliphatic carboxylic acids is 1. The van der Waals surface area contributed by atoms with Crippen molar-refractivity contribution in [3.05, 3.63) is 11.1 Å². The van der Waals surface area contributed by atoms with E-state index in [9.17, 15) is 9.90 Å². The van der Waals surface area contributed by atoms with E-state index in [0.717, 1.165) is 30.2 Å². The molecule has 2 N–H and O–H groups in total. The Morgan fingerprint density at radius 1 is 1.67 bits per heavy atom. The number of hydrogen-bond donors (Lipinski definition) is 2. The van der Waals surface area contributed by atoms with Crippen LogP contribution in [0.25, 0.3) is 0 Å². The second-order valence-electron chi connectivity index (χ2n) is 5.54. The smallest absolute Gasteiger partial charge is 0.311 e. The summed E-state index contributed by atoms with van der Waals surface area (Å²) in [5.41, 5.74) is 0.313. The molecular weight excluding hydrogens is 290 g/mol. The zero-order valence-corrected chi connectivity index (χ0v) is 13.4. The zero-order chi connectivity index (χ0) is 15.3. The van der Waals surface area contributed by atoms with Crippen molar-refractivity contribution in [2.75, 3.05) is 39.2 Å². The molecule has 7 heteroatoms. The van der Waals surface area contributed by atoms with Crippen molar-refractivity contribution in [3.63, 3.8) is 0 Å². The summed E-state index contributed by atoms with van der Waals surface area (Å²) in [4.78, 5) is 18.4. The average Bonchev–Trinajstić information content (AvgIpc) is 2.93. The second kappa shape index (κ2) is 7.20. The van der Waals surface area contributed by atoms with Crippen LogP contribution in [0, 0.1) is 5.41 Å². The molecular formula is C14H23N3O3S. The van der Waals surface area contributed by atoms with Gasteiger partial charge in [-0.2, -0.15) is 0 Å². The molecule has 0 radical (unpaired) electrons. The highest BCUT2D eigenvalue weighted by Crippen LogP contribution is 2.34. The van der Waals surface area contributed by atoms with Crippen LogP contribution in [0.15, 0.2) is 5.38 Å². The van der Waals surface area contributed by atoms with Crippen molar-refractivity contribution in [3.8, 4) is 0 Å². The zero-order valence-electron chi connectivity index (χ0n) is 12.6. The molecule has 2 rings (SSSR count). The van der Waals surface area contributed by atoms with Gasteiger partial charge in [0.15, 0.2) is 5.13 Å². The molecule has 0 aliphatic carbocycles. The number of piperidine rings is 1. The highest BCUT2D eigenvalue weighted by molar-refractivity contribution is 7.13. The first-order valence-electron chi connectivity index (χ1n) is 7.16. The fourth-order valence-corrected chi connectivity index (χ4v) is 3.53. The number of aromatic nitrogens is 1. The van der Waals surface area contributed by atoms with Gasteiger partial charge in [0, 0.05) is 39.2 Å². The lowest BCUT2D eigenvalue weighted by atomic mass is 9.77. The average molecular weight is 313 g/mol. The number of ether oxygens (including phenoxy) is 1. The summed E-state index contributed by atoms with van der Waals surface area (Å²) in [6.45, 7) is 2.69. The number of rotatable bonds is 7. The maximum Gasteiger partial charge on any atom is 0.311 e. The summed E-state index contributed by atoms with van der Waals surface area (Å²) < 4.78 is 5.09. The van der Waals surface area contributed by atoms with E-state index < -0.39 is 11.4 Å². The Kier molecular flexibility index (Phi) is 5.55. The van der Waals surface area contributed by atoms with Crippen LogP contribution in [0.4, 0.5) is 5.13 Å². The summed E-state index contributed by atoms with van der Waals surface area (Å²) in [5.74, 6) is -0.710. The Bertz CT molecular complexity index is 480. The van der Waals surface area contributed by atoms with Gasteiger partial charge in [-0.1, -0.05) is 0 Å². The molecule has 1 aromatic rings. The number of carbonyl (C=O) groups is 1. The number of nitrogens with one attached hydrogen (secondary N) is 1. The van der Waals surface area contributed by atoms with Crippen LogP contribution >= 0.6 is 11.3 Å². The molecule has 1 aromatic heterocycles. The van der Waals surface area contributed by atoms with Crippen molar-refractivity contribution in [2.45, 2.75) is 25.8 Å². The summed E-state index contributed by atoms with van der Waals surface area (Å²) >= 11 is 1.57. The standard InChI is InChI=1S/C14H23N3O3S/c1-15-13-16-11(9-21-13)8-17-6-3-4-14(10-17,12(18)19)5-7-20-2/h9H,3-8,10H2,1-2H3,(H,15,16)(H,18,19)/t14-/m1/s1. The Morgan fingerprint density at radius 3 is 3.10 bits per heavy atom. The Balaban J connectivity index is 2.02. The minimum atomic E-state index is -0.710. The van der Waals surface area contributed by atoms with Crippen LogP contribution < -0.4 is 5.32 Å². The van der Waals surface area contributed by atoms with Gasteiger partial charge in [0.05, 0.1) is 11.1 Å². The molecule has 0 aromatic carbocycles. The number of thiazole rings is 1. The molecule has 1 saturated heterocycles. The molecule has 118 valence electrons. The number of methoxy groups -OCH3 is 1. The minimum absolute atomic E-state index is 0.487. The minimum Gasteiger partial charge on any atom is -0.481 e. The Hall–Kier alpha value is -1.18. The van der Waals surface area contributed by atoms with E-state index in [2.05, 4.69) is 15.2 Å². The lowest BCUT2D eigenvalue weighted by Crippen LogP contribution is -2.48. The molecule has 2 heterocycles. The molecule has 0 spiro atoms. The van der Waals surface area contributed by atoms with E-state index in [1.165, 1.54) is 0 Å². The summed E-state index contributed by atoms with van der Waals surface area (Å²) in [5, 5.41) is 15.6. The van der Waals surface area contributed by atoms with Crippen LogP contribution in [0.2, 0.25) is 0 Å². The lowest BCUT2D eigenvalue weighted by molar-refractivity contribution is -0.154. The van der Waals surface area contributed by atoms with Crippen LogP contribution in [0.5, 0.6) is 0 Å². The molecule has 6 nitrogen and oxygen atoms in total. The van der Waals surface area contributed by atoms with E-state index in [4.69, 9.17) is 4.74 Å². The van der Waals surface area contributed by atoms with Gasteiger partial charge < -0.3 is 15.2 Å². The second-order valence-corrected chi connectivity index (χ2v) is 6.39. The van der Waals surface area contributed by atoms with Crippen LogP contribution in [0.3, 0.4) is 0 Å². The van der Waals surface area contributed by atoms with Crippen molar-refractivity contribution < 1.29 is 14.6 Å². The fourth-order valence-electron chi connectivity index (χ4n) is 2.87. The van der Waals surface area contributed by atoms with Gasteiger partial charge in [-0.15, -0.1) is 11.3 Å². The molecule has 0 amide bonds. The van der Waals surface area contributed by atoms with Crippen LogP contribution in [-0.4, -0.2) is 54.8 Å². The highest BCUT2D eigenvalue weighted by atomic mass is 32.1. The highest BCUT2D eigenvalue weighted by Gasteiger charge is 2.42. The summed E-state index contributed by atoms with van der Waals surface area (Å²) in [6, 6.07) is 0. The third-order valence-electron chi connectivity index (χ3n) is 4.05. The molecule has 1 aliphatic rings. The fraction of sp³-hybridized carbons (Fsp3) is 0.714. The SMILES string of the molecule is CNc1nc(CN2CCC[C@](CCOC)(C(=O)O)C2)cs1. The van der Waals surface area contributed by atoms with Crippen molar-refractivity contribution in [1.29, 1.82) is 0 Å². The van der Waals surface area contributed by atoms with Gasteiger partial charge in [0.25, 0.3) is 0 Å². The van der Waals surface area contributed by atoms with Gasteiger partial charge in [-0.3, -0.25) is 9.69 Å². The van der Waals surface area contributed by atoms with Crippen LogP contribution in [-0.2, 0) is 16.1 Å². The first-order chi connectivity index (χ1) is 10.1. The maximum absolute atomic E-state index is 11.7. The molecule has 1 aliphatic heterocycles. The molecule has 1 fully saturated rings. The largest absolute Gasteiger partial charge is 0.481 e. The number of carboxylic acids is 1. The number of anilines is 1. The molecule has 0 saturated carbocycles. The van der Waals surface area contributed by atoms with Gasteiger partial charge in [-0.25, -0.2) is 4.98 Å². The monoisotopic (exact) mass is 313 g/mol. The van der Waals surface area contributed by atoms with Gasteiger partial charge in [-0.05, 0) is 25.8 Å². The maximum atomic E-state index is 11.7. The predicted octanol–water partition coefficient (Wildman–Crippen LogP) is 1.89. The predicted molar refractivity (Wildman–Crippen MR) is 82.7 cm³/mol. The summed E-state index contributed by atoms with van der Waals surface area (Å²) in [7, 11) is 3.47. The van der Waals surface area contributed by atoms with Crippen molar-refractivity contribution in [2.24, 2.45) is 5.41 Å². The van der Waals surface area contributed by atoms with Gasteiger partial charge in [0.2, 0.25) is 0 Å². The first kappa shape index (κ1) is 16.2. The normalized spacial score (nSPS) is 23.1. The molecule has 1 atom stereocenters. The first-order valence-corrected chi connectivity index (χ1v) is 8.04. The molecule has 0 bridgehead atoms. The molecule has 0 unspecified atom stereocenters. The van der Waals surface area contributed by atoms with Gasteiger partial charge >= 0.3 is 5.97 Å². The molecule has 21 heavy (non-hydrogen) atoms. The summed E-state index contributed by atoms with van der Waals surface area (Å²) in [6.07, 6.45) is 2.19. The van der Waals surface area contributed by atoms with E-state index in [0.29, 0.717) is 26.1 Å². The van der Waals surface area contributed by atoms with E-state index in [-0.39, 0.29) is 0 Å². The van der Waals surface area contributed by atoms with Crippen molar-refractivity contribution >= 4 is 22.4 Å². The number of likely N-dealkylation sites (tertiary alicyclic amines) is 1. The topological polar surface area (TPSA) is 74.7 Å². The number of nitrogens with zero attached hydrogens (tertiary/aromatic N) is 2. The number of carboxylic acid groups (broad SMARTS) is 1. The van der Waals surface area contributed by atoms with E-state index in [1.54, 1.807) is 18.4 Å². The van der Waals surface area contributed by atoms with E-state index in [1.807, 2.05) is 12.4 Å². The van der Waals surface area contributed by atoms with Crippen LogP contribution in [0.1, 0.15) is 25.0 Å². The third-order valence-corrected chi connectivity index (χ3v) is 4.95. The van der Waals surface area contributed by atoms with Gasteiger partial charge in [0.1, 0.15) is 0 Å². The lowest BCUT2D eigenvalue weighted by Gasteiger charge is -2.39. The quantitative estimate of drug-likeness (QED) is 0.801.